The number of nitrogens with zero attached hydrogens (tertiary/aromatic N) is 2. The summed E-state index contributed by atoms with van der Waals surface area (Å²) in [6, 6.07) is 17.8. The van der Waals surface area contributed by atoms with Gasteiger partial charge in [-0.1, -0.05) is 55.8 Å². The molecule has 0 fully saturated rings. The summed E-state index contributed by atoms with van der Waals surface area (Å²) in [6.45, 7) is 4.21. The Labute approximate surface area is 187 Å². The molecule has 7 heteroatoms. The molecule has 160 valence electrons. The van der Waals surface area contributed by atoms with Crippen molar-refractivity contribution in [1.29, 1.82) is 5.41 Å². The zero-order valence-corrected chi connectivity index (χ0v) is 18.8. The fourth-order valence-corrected chi connectivity index (χ4v) is 3.61. The molecule has 1 aromatic heterocycles. The van der Waals surface area contributed by atoms with E-state index in [9.17, 15) is 0 Å². The van der Waals surface area contributed by atoms with Gasteiger partial charge in [0, 0.05) is 30.6 Å². The predicted molar refractivity (Wildman–Crippen MR) is 130 cm³/mol. The maximum absolute atomic E-state index is 7.55. The molecule has 0 spiro atoms. The summed E-state index contributed by atoms with van der Waals surface area (Å²) in [6.07, 6.45) is 4.74. The van der Waals surface area contributed by atoms with E-state index in [4.69, 9.17) is 15.1 Å². The number of ether oxygens (including phenoxy) is 1. The molecule has 0 saturated heterocycles. The molecule has 3 rings (SSSR count). The third-order valence-electron chi connectivity index (χ3n) is 4.52. The molecule has 0 aliphatic carbocycles. The molecule has 2 aromatic carbocycles. The quantitative estimate of drug-likeness (QED) is 0.270. The number of para-hydroxylation sites is 1. The Bertz CT molecular complexity index is 1050. The van der Waals surface area contributed by atoms with Crippen LogP contribution in [0.25, 0.3) is 11.3 Å². The predicted octanol–water partition coefficient (Wildman–Crippen LogP) is 5.97. The van der Waals surface area contributed by atoms with Gasteiger partial charge in [0.2, 0.25) is 11.8 Å². The fraction of sp³-hybridized carbons (Fsp3) is 0.208. The average molecular weight is 434 g/mol. The van der Waals surface area contributed by atoms with Crippen LogP contribution in [-0.2, 0) is 6.42 Å². The standard InChI is InChI=1S/C24H27N5OS/c1-4-10-21-22(20-14-9-8-11-17(20)2)27-24(29-31-19(15-25)16-26-3)28-23(21)30-18-12-6-5-7-13-18/h5-9,11-16,25-26H,4,10H2,1-3H3,(H,27,28,29)/b19-16+,25-15?. The maximum Gasteiger partial charge on any atom is 0.237 e. The van der Waals surface area contributed by atoms with Crippen LogP contribution in [0.3, 0.4) is 0 Å². The number of hydrogen-bond acceptors (Lipinski definition) is 7. The normalized spacial score (nSPS) is 11.1. The fourth-order valence-electron chi connectivity index (χ4n) is 3.08. The van der Waals surface area contributed by atoms with Gasteiger partial charge in [-0.2, -0.15) is 4.98 Å². The van der Waals surface area contributed by atoms with E-state index < -0.39 is 0 Å². The highest BCUT2D eigenvalue weighted by molar-refractivity contribution is 8.05. The number of rotatable bonds is 10. The molecule has 0 radical (unpaired) electrons. The van der Waals surface area contributed by atoms with E-state index in [0.29, 0.717) is 16.7 Å². The third-order valence-corrected chi connectivity index (χ3v) is 5.27. The summed E-state index contributed by atoms with van der Waals surface area (Å²) in [5.74, 6) is 1.69. The molecule has 0 bridgehead atoms. The zero-order chi connectivity index (χ0) is 22.1. The topological polar surface area (TPSA) is 82.9 Å². The van der Waals surface area contributed by atoms with Gasteiger partial charge in [0.15, 0.2) is 0 Å². The molecule has 3 N–H and O–H groups in total. The Balaban J connectivity index is 2.10. The van der Waals surface area contributed by atoms with E-state index in [1.54, 1.807) is 13.2 Å². The average Bonchev–Trinajstić information content (AvgIpc) is 2.79. The molecule has 0 amide bonds. The van der Waals surface area contributed by atoms with Gasteiger partial charge in [-0.15, -0.1) is 0 Å². The minimum Gasteiger partial charge on any atom is -0.439 e. The van der Waals surface area contributed by atoms with Crippen molar-refractivity contribution < 1.29 is 4.74 Å². The number of nitrogens with one attached hydrogen (secondary N) is 3. The summed E-state index contributed by atoms with van der Waals surface area (Å²) in [4.78, 5) is 10.2. The van der Waals surface area contributed by atoms with Crippen molar-refractivity contribution >= 4 is 24.1 Å². The van der Waals surface area contributed by atoms with E-state index in [2.05, 4.69) is 41.0 Å². The monoisotopic (exact) mass is 433 g/mol. The molecular formula is C24H27N5OS. The summed E-state index contributed by atoms with van der Waals surface area (Å²) >= 11 is 1.27. The lowest BCUT2D eigenvalue weighted by Crippen LogP contribution is -2.06. The van der Waals surface area contributed by atoms with Crippen LogP contribution >= 0.6 is 11.9 Å². The molecule has 0 aliphatic rings. The van der Waals surface area contributed by atoms with Crippen LogP contribution < -0.4 is 14.8 Å². The second-order valence-electron chi connectivity index (χ2n) is 6.84. The van der Waals surface area contributed by atoms with Crippen LogP contribution in [0.1, 0.15) is 24.5 Å². The van der Waals surface area contributed by atoms with Crippen LogP contribution in [0.2, 0.25) is 0 Å². The summed E-state index contributed by atoms with van der Waals surface area (Å²) in [7, 11) is 1.79. The van der Waals surface area contributed by atoms with Gasteiger partial charge in [-0.3, -0.25) is 4.72 Å². The SMILES string of the molecule is CCCc1c(Oc2ccccc2)nc(NS/C(C=N)=C/NC)nc1-c1ccccc1C. The largest absolute Gasteiger partial charge is 0.439 e. The van der Waals surface area contributed by atoms with Gasteiger partial charge in [-0.25, -0.2) is 4.98 Å². The molecule has 0 atom stereocenters. The number of aromatic nitrogens is 2. The molecule has 1 heterocycles. The number of anilines is 1. The molecule has 0 aliphatic heterocycles. The van der Waals surface area contributed by atoms with Gasteiger partial charge in [0.05, 0.1) is 10.6 Å². The van der Waals surface area contributed by atoms with E-state index in [0.717, 1.165) is 41.0 Å². The Morgan fingerprint density at radius 1 is 1.10 bits per heavy atom. The maximum atomic E-state index is 7.55. The first-order valence-corrected chi connectivity index (χ1v) is 11.0. The van der Waals surface area contributed by atoms with E-state index >= 15 is 0 Å². The number of benzene rings is 2. The number of allylic oxidation sites excluding steroid dienone is 1. The second-order valence-corrected chi connectivity index (χ2v) is 7.72. The molecule has 6 nitrogen and oxygen atoms in total. The lowest BCUT2D eigenvalue weighted by Gasteiger charge is -2.17. The Hall–Kier alpha value is -3.32. The Morgan fingerprint density at radius 3 is 2.52 bits per heavy atom. The first-order chi connectivity index (χ1) is 15.2. The van der Waals surface area contributed by atoms with Crippen LogP contribution in [0.4, 0.5) is 5.95 Å². The van der Waals surface area contributed by atoms with Crippen molar-refractivity contribution in [1.82, 2.24) is 15.3 Å². The second kappa shape index (κ2) is 11.2. The van der Waals surface area contributed by atoms with Gasteiger partial charge in [0.1, 0.15) is 5.75 Å². The van der Waals surface area contributed by atoms with Crippen molar-refractivity contribution in [2.24, 2.45) is 0 Å². The van der Waals surface area contributed by atoms with E-state index in [1.165, 1.54) is 18.2 Å². The third kappa shape index (κ3) is 5.86. The van der Waals surface area contributed by atoms with Crippen LogP contribution in [0, 0.1) is 12.3 Å². The Kier molecular flexibility index (Phi) is 8.06. The number of hydrogen-bond donors (Lipinski definition) is 3. The minimum absolute atomic E-state index is 0.429. The Morgan fingerprint density at radius 2 is 1.84 bits per heavy atom. The van der Waals surface area contributed by atoms with Crippen LogP contribution in [0.15, 0.2) is 65.7 Å². The first-order valence-electron chi connectivity index (χ1n) is 10.2. The van der Waals surface area contributed by atoms with Crippen LogP contribution in [0.5, 0.6) is 11.6 Å². The van der Waals surface area contributed by atoms with Gasteiger partial charge < -0.3 is 15.5 Å². The van der Waals surface area contributed by atoms with Gasteiger partial charge in [-0.05, 0) is 43.0 Å². The molecule has 3 aromatic rings. The molecule has 0 unspecified atom stereocenters. The van der Waals surface area contributed by atoms with Crippen LogP contribution in [-0.4, -0.2) is 23.2 Å². The lowest BCUT2D eigenvalue weighted by molar-refractivity contribution is 0.455. The van der Waals surface area contributed by atoms with Crippen molar-refractivity contribution in [2.45, 2.75) is 26.7 Å². The highest BCUT2D eigenvalue weighted by atomic mass is 32.2. The van der Waals surface area contributed by atoms with E-state index in [-0.39, 0.29) is 0 Å². The van der Waals surface area contributed by atoms with Crippen molar-refractivity contribution in [3.63, 3.8) is 0 Å². The van der Waals surface area contributed by atoms with E-state index in [1.807, 2.05) is 42.5 Å². The smallest absolute Gasteiger partial charge is 0.237 e. The number of aryl methyl sites for hydroxylation is 1. The zero-order valence-electron chi connectivity index (χ0n) is 18.0. The first kappa shape index (κ1) is 22.4. The molecule has 31 heavy (non-hydrogen) atoms. The highest BCUT2D eigenvalue weighted by Crippen LogP contribution is 2.35. The summed E-state index contributed by atoms with van der Waals surface area (Å²) in [5.41, 5.74) is 4.03. The summed E-state index contributed by atoms with van der Waals surface area (Å²) < 4.78 is 9.37. The van der Waals surface area contributed by atoms with Crippen molar-refractivity contribution in [3.8, 4) is 22.9 Å². The van der Waals surface area contributed by atoms with Crippen molar-refractivity contribution in [3.05, 3.63) is 76.8 Å². The highest BCUT2D eigenvalue weighted by Gasteiger charge is 2.19. The van der Waals surface area contributed by atoms with Gasteiger partial charge >= 0.3 is 0 Å². The lowest BCUT2D eigenvalue weighted by atomic mass is 9.99. The summed E-state index contributed by atoms with van der Waals surface area (Å²) in [5, 5.41) is 10.5. The van der Waals surface area contributed by atoms with Gasteiger partial charge in [0.25, 0.3) is 0 Å². The minimum atomic E-state index is 0.429. The van der Waals surface area contributed by atoms with Crippen molar-refractivity contribution in [2.75, 3.05) is 11.8 Å². The molecular weight excluding hydrogens is 406 g/mol. The molecule has 0 saturated carbocycles.